The first kappa shape index (κ1) is 26.9. The fourth-order valence-electron chi connectivity index (χ4n) is 6.25. The molecule has 3 aromatic rings. The van der Waals surface area contributed by atoms with Crippen molar-refractivity contribution in [2.75, 3.05) is 62.7 Å². The minimum absolute atomic E-state index is 0.0469. The number of nitrogens with zero attached hydrogens (tertiary/aromatic N) is 5. The molecule has 1 aliphatic carbocycles. The molecule has 0 radical (unpaired) electrons. The minimum atomic E-state index is 0.0469. The Hall–Kier alpha value is -3.30. The van der Waals surface area contributed by atoms with Crippen LogP contribution in [0.5, 0.6) is 0 Å². The largest absolute Gasteiger partial charge is 0.379 e. The Labute approximate surface area is 236 Å². The molecule has 6 rings (SSSR count). The van der Waals surface area contributed by atoms with Crippen LogP contribution in [0.1, 0.15) is 44.9 Å². The number of morpholine rings is 1. The number of ether oxygens (including phenoxy) is 1. The van der Waals surface area contributed by atoms with Crippen LogP contribution in [0.2, 0.25) is 0 Å². The molecule has 2 aliphatic heterocycles. The van der Waals surface area contributed by atoms with Crippen molar-refractivity contribution in [3.63, 3.8) is 0 Å². The third-order valence-electron chi connectivity index (χ3n) is 8.62. The number of rotatable bonds is 8. The average Bonchev–Trinajstić information content (AvgIpc) is 3.02. The molecule has 0 unspecified atom stereocenters. The molecule has 1 saturated carbocycles. The topological polar surface area (TPSA) is 95.5 Å². The van der Waals surface area contributed by atoms with Gasteiger partial charge in [-0.15, -0.1) is 0 Å². The molecule has 1 amide bonds. The highest BCUT2D eigenvalue weighted by atomic mass is 16.5. The van der Waals surface area contributed by atoms with Crippen molar-refractivity contribution < 1.29 is 9.53 Å². The summed E-state index contributed by atoms with van der Waals surface area (Å²) in [4.78, 5) is 31.8. The average molecular weight is 544 g/mol. The van der Waals surface area contributed by atoms with E-state index in [0.29, 0.717) is 12.6 Å². The van der Waals surface area contributed by atoms with Gasteiger partial charge in [-0.2, -0.15) is 0 Å². The van der Waals surface area contributed by atoms with Gasteiger partial charge < -0.3 is 20.3 Å². The van der Waals surface area contributed by atoms with Gasteiger partial charge in [-0.3, -0.25) is 14.7 Å². The second-order valence-corrected chi connectivity index (χ2v) is 11.3. The molecule has 0 bridgehead atoms. The van der Waals surface area contributed by atoms with Crippen molar-refractivity contribution in [3.8, 4) is 11.3 Å². The van der Waals surface area contributed by atoms with Crippen LogP contribution in [0.25, 0.3) is 22.0 Å². The van der Waals surface area contributed by atoms with Crippen LogP contribution in [0.15, 0.2) is 42.9 Å². The van der Waals surface area contributed by atoms with Gasteiger partial charge in [-0.25, -0.2) is 9.97 Å². The van der Waals surface area contributed by atoms with Gasteiger partial charge in [0.15, 0.2) is 0 Å². The number of aromatic nitrogens is 3. The van der Waals surface area contributed by atoms with Crippen LogP contribution in [-0.4, -0.2) is 84.3 Å². The van der Waals surface area contributed by atoms with Gasteiger partial charge in [0.05, 0.1) is 18.9 Å². The van der Waals surface area contributed by atoms with Crippen LogP contribution in [-0.2, 0) is 9.53 Å². The summed E-state index contributed by atoms with van der Waals surface area (Å²) in [6.45, 7) is 6.66. The van der Waals surface area contributed by atoms with E-state index in [9.17, 15) is 4.79 Å². The summed E-state index contributed by atoms with van der Waals surface area (Å²) < 4.78 is 5.41. The molecule has 9 nitrogen and oxygen atoms in total. The van der Waals surface area contributed by atoms with Gasteiger partial charge in [0, 0.05) is 86.2 Å². The van der Waals surface area contributed by atoms with Crippen molar-refractivity contribution in [1.29, 1.82) is 0 Å². The summed E-state index contributed by atoms with van der Waals surface area (Å²) in [7, 11) is 0. The Balaban J connectivity index is 1.13. The van der Waals surface area contributed by atoms with Crippen LogP contribution < -0.4 is 15.5 Å². The van der Waals surface area contributed by atoms with E-state index < -0.39 is 0 Å². The predicted octanol–water partition coefficient (Wildman–Crippen LogP) is 4.10. The van der Waals surface area contributed by atoms with Crippen molar-refractivity contribution in [2.24, 2.45) is 5.92 Å². The van der Waals surface area contributed by atoms with Crippen molar-refractivity contribution in [2.45, 2.75) is 51.0 Å². The van der Waals surface area contributed by atoms with E-state index in [-0.39, 0.29) is 11.8 Å². The lowest BCUT2D eigenvalue weighted by Gasteiger charge is -2.33. The van der Waals surface area contributed by atoms with E-state index in [2.05, 4.69) is 48.6 Å². The van der Waals surface area contributed by atoms with Gasteiger partial charge in [0.25, 0.3) is 0 Å². The number of anilines is 2. The zero-order chi connectivity index (χ0) is 27.1. The summed E-state index contributed by atoms with van der Waals surface area (Å²) in [5.41, 5.74) is 1.97. The monoisotopic (exact) mass is 543 g/mol. The van der Waals surface area contributed by atoms with Gasteiger partial charge in [0.2, 0.25) is 5.91 Å². The van der Waals surface area contributed by atoms with Crippen molar-refractivity contribution in [1.82, 2.24) is 25.2 Å². The molecular weight excluding hydrogens is 502 g/mol. The smallest absolute Gasteiger partial charge is 0.223 e. The minimum Gasteiger partial charge on any atom is -0.379 e. The van der Waals surface area contributed by atoms with Gasteiger partial charge in [-0.05, 0) is 49.9 Å². The molecule has 5 heterocycles. The van der Waals surface area contributed by atoms with Gasteiger partial charge in [-0.1, -0.05) is 19.3 Å². The predicted molar refractivity (Wildman–Crippen MR) is 158 cm³/mol. The lowest BCUT2D eigenvalue weighted by atomic mass is 9.95. The third kappa shape index (κ3) is 6.53. The first-order chi connectivity index (χ1) is 19.7. The first-order valence-electron chi connectivity index (χ1n) is 15.0. The Kier molecular flexibility index (Phi) is 8.68. The Morgan fingerprint density at radius 1 is 0.975 bits per heavy atom. The molecule has 40 heavy (non-hydrogen) atoms. The zero-order valence-corrected chi connectivity index (χ0v) is 23.4. The quantitative estimate of drug-likeness (QED) is 0.439. The molecule has 0 spiro atoms. The van der Waals surface area contributed by atoms with E-state index in [1.165, 1.54) is 32.1 Å². The van der Waals surface area contributed by atoms with Crippen LogP contribution >= 0.6 is 0 Å². The molecule has 0 atom stereocenters. The highest BCUT2D eigenvalue weighted by molar-refractivity contribution is 5.94. The Bertz CT molecular complexity index is 1280. The Morgan fingerprint density at radius 3 is 2.62 bits per heavy atom. The lowest BCUT2D eigenvalue weighted by molar-refractivity contribution is -0.125. The number of carbonyl (C=O) groups is 1. The molecule has 3 aromatic heterocycles. The van der Waals surface area contributed by atoms with Gasteiger partial charge in [0.1, 0.15) is 11.6 Å². The van der Waals surface area contributed by atoms with E-state index >= 15 is 0 Å². The molecular formula is C31H41N7O2. The van der Waals surface area contributed by atoms with Crippen LogP contribution in [0, 0.1) is 5.92 Å². The number of hydrogen-bond acceptors (Lipinski definition) is 8. The fraction of sp³-hybridized carbons (Fsp3) is 0.548. The maximum absolute atomic E-state index is 12.9. The molecule has 0 aromatic carbocycles. The molecule has 2 N–H and O–H groups in total. The highest BCUT2D eigenvalue weighted by Crippen LogP contribution is 2.33. The van der Waals surface area contributed by atoms with Gasteiger partial charge >= 0.3 is 0 Å². The van der Waals surface area contributed by atoms with E-state index in [1.54, 1.807) is 0 Å². The summed E-state index contributed by atoms with van der Waals surface area (Å²) in [6.07, 6.45) is 13.6. The maximum atomic E-state index is 12.9. The van der Waals surface area contributed by atoms with Crippen molar-refractivity contribution >= 4 is 28.3 Å². The summed E-state index contributed by atoms with van der Waals surface area (Å²) in [5, 5.41) is 8.99. The third-order valence-corrected chi connectivity index (χ3v) is 8.62. The molecule has 3 aliphatic rings. The number of fused-ring (bicyclic) bond motifs is 1. The SMILES string of the molecule is O=C(NCCN1CCOCC1)C1CCN(c2nc(-c3ccnc(NC4CCCCC4)c3)cc3cnccc23)CC1. The summed E-state index contributed by atoms with van der Waals surface area (Å²) >= 11 is 0. The second-order valence-electron chi connectivity index (χ2n) is 11.3. The molecule has 212 valence electrons. The number of piperidine rings is 1. The van der Waals surface area contributed by atoms with Crippen LogP contribution in [0.4, 0.5) is 11.6 Å². The lowest BCUT2D eigenvalue weighted by Crippen LogP contribution is -2.44. The molecule has 9 heteroatoms. The molecule has 3 fully saturated rings. The standard InChI is InChI=1S/C31H41N7O2/c39-31(34-12-15-37-16-18-40-19-17-37)23-8-13-38(14-9-23)30-27-7-10-32-22-25(27)20-28(36-30)24-6-11-33-29(21-24)35-26-4-2-1-3-5-26/h6-7,10-11,20-23,26H,1-5,8-9,12-19H2,(H,33,35)(H,34,39). The highest BCUT2D eigenvalue weighted by Gasteiger charge is 2.27. The second kappa shape index (κ2) is 12.9. The van der Waals surface area contributed by atoms with Crippen LogP contribution in [0.3, 0.4) is 0 Å². The molecule has 2 saturated heterocycles. The van der Waals surface area contributed by atoms with E-state index in [1.807, 2.05) is 24.7 Å². The van der Waals surface area contributed by atoms with E-state index in [4.69, 9.17) is 9.72 Å². The number of pyridine rings is 3. The summed E-state index contributed by atoms with van der Waals surface area (Å²) in [6, 6.07) is 8.83. The number of nitrogens with one attached hydrogen (secondary N) is 2. The maximum Gasteiger partial charge on any atom is 0.223 e. The number of carbonyl (C=O) groups excluding carboxylic acids is 1. The fourth-order valence-corrected chi connectivity index (χ4v) is 6.25. The van der Waals surface area contributed by atoms with Crippen molar-refractivity contribution in [3.05, 3.63) is 42.9 Å². The normalized spacial score (nSPS) is 19.6. The Morgan fingerprint density at radius 2 is 1.80 bits per heavy atom. The zero-order valence-electron chi connectivity index (χ0n) is 23.4. The number of amides is 1. The number of hydrogen-bond donors (Lipinski definition) is 2. The summed E-state index contributed by atoms with van der Waals surface area (Å²) in [5.74, 6) is 2.11. The van der Waals surface area contributed by atoms with E-state index in [0.717, 1.165) is 92.4 Å². The first-order valence-corrected chi connectivity index (χ1v) is 15.0.